The first-order valence-corrected chi connectivity index (χ1v) is 9.57. The number of primary amides is 1. The number of halogens is 1. The molecule has 3 N–H and O–H groups in total. The Labute approximate surface area is 144 Å². The van der Waals surface area contributed by atoms with Crippen LogP contribution in [0.4, 0.5) is 0 Å². The average Bonchev–Trinajstić information content (AvgIpc) is 2.86. The van der Waals surface area contributed by atoms with Gasteiger partial charge in [0.25, 0.3) is 5.91 Å². The topological polar surface area (TPSA) is 55.1 Å². The number of carbonyl (C=O) groups excluding carboxylic acids is 1. The number of nitrogens with one attached hydrogen (secondary N) is 1. The second kappa shape index (κ2) is 8.11. The van der Waals surface area contributed by atoms with E-state index in [9.17, 15) is 4.79 Å². The van der Waals surface area contributed by atoms with Crippen LogP contribution in [0.1, 0.15) is 24.5 Å². The number of benzene rings is 1. The summed E-state index contributed by atoms with van der Waals surface area (Å²) in [4.78, 5) is 11.4. The van der Waals surface area contributed by atoms with Gasteiger partial charge < -0.3 is 5.73 Å². The smallest absolute Gasteiger partial charge is 0.256 e. The van der Waals surface area contributed by atoms with Gasteiger partial charge >= 0.3 is 0 Å². The molecule has 1 heterocycles. The van der Waals surface area contributed by atoms with Crippen LogP contribution in [0.5, 0.6) is 0 Å². The summed E-state index contributed by atoms with van der Waals surface area (Å²) in [6, 6.07) is 6.39. The first-order chi connectivity index (χ1) is 10.5. The summed E-state index contributed by atoms with van der Waals surface area (Å²) in [5.74, 6) is -0.399. The molecule has 0 bridgehead atoms. The van der Waals surface area contributed by atoms with Crippen molar-refractivity contribution in [1.82, 2.24) is 4.72 Å². The van der Waals surface area contributed by atoms with Crippen molar-refractivity contribution in [1.29, 1.82) is 0 Å². The van der Waals surface area contributed by atoms with E-state index in [1.807, 2.05) is 13.0 Å². The fraction of sp³-hybridized carbons (Fsp3) is 0.312. The highest BCUT2D eigenvalue weighted by Crippen LogP contribution is 2.32. The molecule has 0 aromatic heterocycles. The number of rotatable bonds is 1. The van der Waals surface area contributed by atoms with E-state index < -0.39 is 5.91 Å². The molecule has 3 nitrogen and oxygen atoms in total. The van der Waals surface area contributed by atoms with Gasteiger partial charge in [-0.15, -0.1) is 0 Å². The van der Waals surface area contributed by atoms with Crippen molar-refractivity contribution in [2.75, 3.05) is 0 Å². The van der Waals surface area contributed by atoms with E-state index in [0.717, 1.165) is 10.6 Å². The first kappa shape index (κ1) is 17.5. The number of nitrogens with two attached hydrogens (primary N) is 1. The van der Waals surface area contributed by atoms with Gasteiger partial charge in [0.15, 0.2) is 0 Å². The Morgan fingerprint density at radius 3 is 2.86 bits per heavy atom. The summed E-state index contributed by atoms with van der Waals surface area (Å²) in [5.41, 5.74) is 8.95. The summed E-state index contributed by atoms with van der Waals surface area (Å²) < 4.78 is 3.10. The molecule has 1 unspecified atom stereocenters. The highest BCUT2D eigenvalue weighted by Gasteiger charge is 2.15. The van der Waals surface area contributed by atoms with E-state index in [-0.39, 0.29) is 6.04 Å². The van der Waals surface area contributed by atoms with Gasteiger partial charge in [0.05, 0.1) is 4.91 Å². The largest absolute Gasteiger partial charge is 0.365 e. The number of aryl methyl sites for hydroxylation is 2. The Kier molecular flexibility index (Phi) is 6.44. The number of hydrogen-bond donors (Lipinski definition) is 2. The fourth-order valence-corrected chi connectivity index (χ4v) is 4.33. The van der Waals surface area contributed by atoms with Crippen LogP contribution in [0.25, 0.3) is 0 Å². The van der Waals surface area contributed by atoms with E-state index in [2.05, 4.69) is 23.4 Å². The lowest BCUT2D eigenvalue weighted by Gasteiger charge is -2.07. The summed E-state index contributed by atoms with van der Waals surface area (Å²) in [6.45, 7) is 5.80. The molecule has 6 heteroatoms. The summed E-state index contributed by atoms with van der Waals surface area (Å²) >= 11 is 5.82. The van der Waals surface area contributed by atoms with Crippen LogP contribution in [-0.4, -0.2) is 11.9 Å². The minimum absolute atomic E-state index is 0.180. The lowest BCUT2D eigenvalue weighted by molar-refractivity contribution is -0.113. The Morgan fingerprint density at radius 1 is 1.41 bits per heavy atom. The predicted molar refractivity (Wildman–Crippen MR) is 97.7 cm³/mol. The number of fused-ring (bicyclic) bond motifs is 1. The second-order valence-electron chi connectivity index (χ2n) is 5.22. The van der Waals surface area contributed by atoms with Crippen molar-refractivity contribution >= 4 is 39.3 Å². The first-order valence-electron chi connectivity index (χ1n) is 7.04. The Hall–Kier alpha value is -0.880. The van der Waals surface area contributed by atoms with E-state index in [1.165, 1.54) is 52.2 Å². The third-order valence-corrected chi connectivity index (χ3v) is 5.88. The van der Waals surface area contributed by atoms with Gasteiger partial charge in [-0.25, -0.2) is 4.72 Å². The van der Waals surface area contributed by atoms with Crippen molar-refractivity contribution < 1.29 is 4.79 Å². The SMILES string of the molecule is C=C1C=C(C(N)=O)SSNC1C.Clc1ccc2c(c1)CCC2. The van der Waals surface area contributed by atoms with E-state index >= 15 is 0 Å². The maximum Gasteiger partial charge on any atom is 0.256 e. The molecular weight excluding hydrogens is 336 g/mol. The molecule has 3 rings (SSSR count). The van der Waals surface area contributed by atoms with Gasteiger partial charge in [0.2, 0.25) is 0 Å². The molecule has 1 atom stereocenters. The van der Waals surface area contributed by atoms with Crippen LogP contribution in [0, 0.1) is 0 Å². The molecule has 1 amide bonds. The zero-order chi connectivity index (χ0) is 16.1. The molecule has 0 fully saturated rings. The van der Waals surface area contributed by atoms with Crippen molar-refractivity contribution in [2.45, 2.75) is 32.2 Å². The van der Waals surface area contributed by atoms with Crippen LogP contribution >= 0.6 is 33.4 Å². The predicted octanol–water partition coefficient (Wildman–Crippen LogP) is 4.03. The highest BCUT2D eigenvalue weighted by molar-refractivity contribution is 8.77. The second-order valence-corrected chi connectivity index (χ2v) is 7.67. The summed E-state index contributed by atoms with van der Waals surface area (Å²) in [7, 11) is 2.73. The molecule has 1 aromatic carbocycles. The molecule has 0 saturated heterocycles. The number of amides is 1. The van der Waals surface area contributed by atoms with Gasteiger partial charge in [-0.2, -0.15) is 0 Å². The standard InChI is InChI=1S/C9H9Cl.C7H10N2OS2/c10-9-5-4-7-2-1-3-8(7)6-9;1-4-3-6(7(8)10)11-12-9-5(4)2/h4-6H,1-3H2;3,5,9H,1H2,2H3,(H2,8,10). The zero-order valence-corrected chi connectivity index (χ0v) is 14.8. The van der Waals surface area contributed by atoms with Crippen LogP contribution in [0.2, 0.25) is 5.02 Å². The van der Waals surface area contributed by atoms with E-state index in [1.54, 1.807) is 6.08 Å². The fourth-order valence-electron chi connectivity index (χ4n) is 2.19. The van der Waals surface area contributed by atoms with E-state index in [0.29, 0.717) is 4.91 Å². The molecule has 0 radical (unpaired) electrons. The molecular formula is C16H19ClN2OS2. The molecule has 0 saturated carbocycles. The quantitative estimate of drug-likeness (QED) is 0.590. The van der Waals surface area contributed by atoms with Crippen LogP contribution in [-0.2, 0) is 17.6 Å². The lowest BCUT2D eigenvalue weighted by atomic mass is 10.1. The highest BCUT2D eigenvalue weighted by atomic mass is 35.5. The maximum atomic E-state index is 10.8. The maximum absolute atomic E-state index is 10.8. The van der Waals surface area contributed by atoms with Crippen LogP contribution in [0.3, 0.4) is 0 Å². The molecule has 1 aliphatic carbocycles. The summed E-state index contributed by atoms with van der Waals surface area (Å²) in [6.07, 6.45) is 5.49. The Bertz CT molecular complexity index is 616. The summed E-state index contributed by atoms with van der Waals surface area (Å²) in [5, 5.41) is 0.876. The van der Waals surface area contributed by atoms with Crippen molar-refractivity contribution in [3.63, 3.8) is 0 Å². The number of hydrogen-bond acceptors (Lipinski definition) is 4. The molecule has 2 aliphatic rings. The van der Waals surface area contributed by atoms with Crippen molar-refractivity contribution in [3.05, 3.63) is 57.5 Å². The van der Waals surface area contributed by atoms with Crippen molar-refractivity contribution in [3.8, 4) is 0 Å². The average molecular weight is 355 g/mol. The van der Waals surface area contributed by atoms with Gasteiger partial charge in [0, 0.05) is 11.1 Å². The monoisotopic (exact) mass is 354 g/mol. The Balaban J connectivity index is 0.000000162. The lowest BCUT2D eigenvalue weighted by Crippen LogP contribution is -2.18. The molecule has 22 heavy (non-hydrogen) atoms. The molecule has 1 aromatic rings. The van der Waals surface area contributed by atoms with Gasteiger partial charge in [-0.3, -0.25) is 4.79 Å². The molecule has 118 valence electrons. The molecule has 1 aliphatic heterocycles. The van der Waals surface area contributed by atoms with Crippen molar-refractivity contribution in [2.24, 2.45) is 5.73 Å². The van der Waals surface area contributed by atoms with Gasteiger partial charge in [-0.1, -0.05) is 24.2 Å². The van der Waals surface area contributed by atoms with E-state index in [4.69, 9.17) is 17.3 Å². The van der Waals surface area contributed by atoms with Gasteiger partial charge in [0.1, 0.15) is 0 Å². The number of carbonyl (C=O) groups is 1. The van der Waals surface area contributed by atoms with Crippen LogP contribution < -0.4 is 10.5 Å². The molecule has 0 spiro atoms. The minimum Gasteiger partial charge on any atom is -0.365 e. The van der Waals surface area contributed by atoms with Gasteiger partial charge in [-0.05, 0) is 82.9 Å². The Morgan fingerprint density at radius 2 is 2.14 bits per heavy atom. The third-order valence-electron chi connectivity index (χ3n) is 3.53. The normalized spacial score (nSPS) is 20.4. The zero-order valence-electron chi connectivity index (χ0n) is 12.4. The third kappa shape index (κ3) is 4.81. The van der Waals surface area contributed by atoms with Crippen LogP contribution in [0.15, 0.2) is 41.3 Å². The minimum atomic E-state index is -0.399.